The number of nitrogens with zero attached hydrogens (tertiary/aromatic N) is 2. The average Bonchev–Trinajstić information content (AvgIpc) is 2.04. The van der Waals surface area contributed by atoms with Gasteiger partial charge in [0.05, 0.1) is 0 Å². The molecule has 56 valence electrons. The van der Waals surface area contributed by atoms with Gasteiger partial charge >= 0.3 is 0 Å². The van der Waals surface area contributed by atoms with Crippen molar-refractivity contribution in [3.8, 4) is 12.3 Å². The minimum absolute atomic E-state index is 0.413. The van der Waals surface area contributed by atoms with Crippen molar-refractivity contribution in [2.75, 3.05) is 0 Å². The molecule has 1 rings (SSSR count). The van der Waals surface area contributed by atoms with E-state index in [-0.39, 0.29) is 0 Å². The zero-order valence-corrected chi connectivity index (χ0v) is 6.70. The van der Waals surface area contributed by atoms with Gasteiger partial charge in [-0.05, 0) is 23.5 Å². The van der Waals surface area contributed by atoms with E-state index < -0.39 is 0 Å². The summed E-state index contributed by atoms with van der Waals surface area (Å²) in [7, 11) is 0. The number of hydrogen-bond donors (Lipinski definition) is 0. The van der Waals surface area contributed by atoms with Gasteiger partial charge in [-0.3, -0.25) is 0 Å². The molecule has 1 heterocycles. The number of hydrogen-bond acceptors (Lipinski definition) is 2. The Morgan fingerprint density at radius 2 is 2.27 bits per heavy atom. The molecule has 0 N–H and O–H groups in total. The average molecular weight is 146 g/mol. The number of terminal acetylenes is 1. The fourth-order valence-corrected chi connectivity index (χ4v) is 0.919. The minimum atomic E-state index is 0.413. The highest BCUT2D eigenvalue weighted by Crippen LogP contribution is 2.14. The lowest BCUT2D eigenvalue weighted by Crippen LogP contribution is -1.96. The summed E-state index contributed by atoms with van der Waals surface area (Å²) in [6, 6.07) is 1.91. The Morgan fingerprint density at radius 1 is 1.55 bits per heavy atom. The van der Waals surface area contributed by atoms with Crippen molar-refractivity contribution < 1.29 is 0 Å². The van der Waals surface area contributed by atoms with E-state index in [1.807, 2.05) is 6.07 Å². The van der Waals surface area contributed by atoms with Crippen molar-refractivity contribution in [1.29, 1.82) is 0 Å². The maximum atomic E-state index is 5.24. The van der Waals surface area contributed by atoms with E-state index in [4.69, 9.17) is 6.42 Å². The molecular formula is C9H10N2. The quantitative estimate of drug-likeness (QED) is 0.562. The smallest absolute Gasteiger partial charge is 0.139 e. The first-order chi connectivity index (χ1) is 5.25. The Hall–Kier alpha value is -1.36. The largest absolute Gasteiger partial charge is 0.158 e. The fraction of sp³-hybridized carbons (Fsp3) is 0.333. The van der Waals surface area contributed by atoms with E-state index in [0.717, 1.165) is 5.56 Å². The lowest BCUT2D eigenvalue weighted by molar-refractivity contribution is 0.833. The van der Waals surface area contributed by atoms with Crippen LogP contribution in [0.25, 0.3) is 0 Å². The van der Waals surface area contributed by atoms with Crippen molar-refractivity contribution in [1.82, 2.24) is 10.2 Å². The first kappa shape index (κ1) is 7.74. The van der Waals surface area contributed by atoms with Crippen molar-refractivity contribution >= 4 is 0 Å². The normalized spacial score (nSPS) is 9.64. The van der Waals surface area contributed by atoms with E-state index in [0.29, 0.717) is 11.6 Å². The van der Waals surface area contributed by atoms with Crippen LogP contribution < -0.4 is 0 Å². The highest BCUT2D eigenvalue weighted by molar-refractivity contribution is 5.33. The van der Waals surface area contributed by atoms with E-state index in [1.54, 1.807) is 6.20 Å². The van der Waals surface area contributed by atoms with Crippen molar-refractivity contribution in [2.24, 2.45) is 0 Å². The highest BCUT2D eigenvalue weighted by Gasteiger charge is 2.04. The Bertz CT molecular complexity index is 284. The zero-order valence-electron chi connectivity index (χ0n) is 6.70. The molecular weight excluding hydrogens is 136 g/mol. The summed E-state index contributed by atoms with van der Waals surface area (Å²) in [5.41, 5.74) is 1.74. The van der Waals surface area contributed by atoms with Crippen molar-refractivity contribution in [2.45, 2.75) is 19.8 Å². The Labute approximate surface area is 66.7 Å². The SMILES string of the molecule is C#Cc1nnccc1C(C)C. The molecule has 1 aromatic rings. The molecule has 1 aromatic heterocycles. The summed E-state index contributed by atoms with van der Waals surface area (Å²) in [6.45, 7) is 4.16. The second kappa shape index (κ2) is 3.16. The fourth-order valence-electron chi connectivity index (χ4n) is 0.919. The van der Waals surface area contributed by atoms with Gasteiger partial charge in [-0.2, -0.15) is 5.10 Å². The van der Waals surface area contributed by atoms with Gasteiger partial charge in [-0.25, -0.2) is 0 Å². The maximum absolute atomic E-state index is 5.24. The van der Waals surface area contributed by atoms with Gasteiger partial charge in [0.15, 0.2) is 0 Å². The van der Waals surface area contributed by atoms with Gasteiger partial charge in [0.25, 0.3) is 0 Å². The van der Waals surface area contributed by atoms with Crippen LogP contribution in [0.1, 0.15) is 31.0 Å². The van der Waals surface area contributed by atoms with E-state index in [9.17, 15) is 0 Å². The van der Waals surface area contributed by atoms with Gasteiger partial charge in [-0.1, -0.05) is 13.8 Å². The maximum Gasteiger partial charge on any atom is 0.139 e. The highest BCUT2D eigenvalue weighted by atomic mass is 15.1. The first-order valence-electron chi connectivity index (χ1n) is 3.54. The molecule has 2 heteroatoms. The third-order valence-electron chi connectivity index (χ3n) is 1.51. The third kappa shape index (κ3) is 1.56. The van der Waals surface area contributed by atoms with Crippen LogP contribution in [0.2, 0.25) is 0 Å². The summed E-state index contributed by atoms with van der Waals surface area (Å²) in [6.07, 6.45) is 6.90. The van der Waals surface area contributed by atoms with Crippen LogP contribution in [-0.4, -0.2) is 10.2 Å². The van der Waals surface area contributed by atoms with Crippen LogP contribution in [0, 0.1) is 12.3 Å². The van der Waals surface area contributed by atoms with Crippen LogP contribution in [0.3, 0.4) is 0 Å². The van der Waals surface area contributed by atoms with Crippen LogP contribution in [0.5, 0.6) is 0 Å². The molecule has 0 atom stereocenters. The number of aromatic nitrogens is 2. The molecule has 0 spiro atoms. The second-order valence-electron chi connectivity index (χ2n) is 2.63. The first-order valence-corrected chi connectivity index (χ1v) is 3.54. The van der Waals surface area contributed by atoms with Gasteiger partial charge in [0.1, 0.15) is 5.69 Å². The second-order valence-corrected chi connectivity index (χ2v) is 2.63. The topological polar surface area (TPSA) is 25.8 Å². The van der Waals surface area contributed by atoms with Crippen molar-refractivity contribution in [3.05, 3.63) is 23.5 Å². The summed E-state index contributed by atoms with van der Waals surface area (Å²) >= 11 is 0. The molecule has 0 fully saturated rings. The summed E-state index contributed by atoms with van der Waals surface area (Å²) < 4.78 is 0. The summed E-state index contributed by atoms with van der Waals surface area (Å²) in [5.74, 6) is 2.92. The predicted molar refractivity (Wildman–Crippen MR) is 44.1 cm³/mol. The molecule has 0 aliphatic heterocycles. The van der Waals surface area contributed by atoms with Gasteiger partial charge in [-0.15, -0.1) is 11.5 Å². The van der Waals surface area contributed by atoms with E-state index in [2.05, 4.69) is 30.0 Å². The molecule has 0 aromatic carbocycles. The third-order valence-corrected chi connectivity index (χ3v) is 1.51. The van der Waals surface area contributed by atoms with Crippen LogP contribution >= 0.6 is 0 Å². The van der Waals surface area contributed by atoms with Crippen molar-refractivity contribution in [3.63, 3.8) is 0 Å². The minimum Gasteiger partial charge on any atom is -0.158 e. The molecule has 0 saturated carbocycles. The predicted octanol–water partition coefficient (Wildman–Crippen LogP) is 1.58. The standard InChI is InChI=1S/C9H10N2/c1-4-9-8(7(2)3)5-6-10-11-9/h1,5-7H,2-3H3. The lowest BCUT2D eigenvalue weighted by atomic mass is 10.0. The molecule has 0 aliphatic rings. The molecule has 0 amide bonds. The molecule has 0 radical (unpaired) electrons. The van der Waals surface area contributed by atoms with Gasteiger partial charge in [0.2, 0.25) is 0 Å². The molecule has 0 unspecified atom stereocenters. The molecule has 2 nitrogen and oxygen atoms in total. The Kier molecular flexibility index (Phi) is 2.22. The Balaban J connectivity index is 3.15. The van der Waals surface area contributed by atoms with E-state index >= 15 is 0 Å². The molecule has 0 aliphatic carbocycles. The van der Waals surface area contributed by atoms with Gasteiger partial charge in [0, 0.05) is 6.20 Å². The summed E-state index contributed by atoms with van der Waals surface area (Å²) in [4.78, 5) is 0. The van der Waals surface area contributed by atoms with Crippen LogP contribution in [0.4, 0.5) is 0 Å². The monoisotopic (exact) mass is 146 g/mol. The summed E-state index contributed by atoms with van der Waals surface area (Å²) in [5, 5.41) is 7.54. The van der Waals surface area contributed by atoms with Crippen LogP contribution in [-0.2, 0) is 0 Å². The van der Waals surface area contributed by atoms with Gasteiger partial charge < -0.3 is 0 Å². The number of rotatable bonds is 1. The Morgan fingerprint density at radius 3 is 2.73 bits per heavy atom. The lowest BCUT2D eigenvalue weighted by Gasteiger charge is -2.04. The molecule has 0 bridgehead atoms. The molecule has 0 saturated heterocycles. The van der Waals surface area contributed by atoms with Crippen LogP contribution in [0.15, 0.2) is 12.3 Å². The van der Waals surface area contributed by atoms with E-state index in [1.165, 1.54) is 0 Å². The zero-order chi connectivity index (χ0) is 8.27. The molecule has 11 heavy (non-hydrogen) atoms.